The van der Waals surface area contributed by atoms with Gasteiger partial charge in [0.25, 0.3) is 5.91 Å². The fraction of sp³-hybridized carbons (Fsp3) is 0.435. The van der Waals surface area contributed by atoms with Crippen LogP contribution >= 0.6 is 0 Å². The predicted molar refractivity (Wildman–Crippen MR) is 108 cm³/mol. The third kappa shape index (κ3) is 4.66. The van der Waals surface area contributed by atoms with Crippen LogP contribution in [0.3, 0.4) is 0 Å². The molecule has 2 aromatic carbocycles. The van der Waals surface area contributed by atoms with Crippen molar-refractivity contribution in [2.24, 2.45) is 0 Å². The zero-order chi connectivity index (χ0) is 19.4. The molecule has 0 fully saturated rings. The van der Waals surface area contributed by atoms with Gasteiger partial charge in [-0.3, -0.25) is 4.79 Å². The normalized spacial score (nSPS) is 13.2. The topological polar surface area (TPSA) is 38.3 Å². The quantitative estimate of drug-likeness (QED) is 0.769. The lowest BCUT2D eigenvalue weighted by atomic mass is 9.96. The summed E-state index contributed by atoms with van der Waals surface area (Å²) in [7, 11) is 0. The fourth-order valence-corrected chi connectivity index (χ4v) is 3.11. The SMILES string of the molecule is CC[C@H](Oc1ccc(C)c(C)c1)C(=O)N[C@@H](C)c1cc(C)c(C)cc1C. The molecule has 0 spiro atoms. The van der Waals surface area contributed by atoms with Crippen molar-refractivity contribution < 1.29 is 9.53 Å². The van der Waals surface area contributed by atoms with Crippen LogP contribution in [0.1, 0.15) is 59.7 Å². The van der Waals surface area contributed by atoms with Crippen LogP contribution in [0.5, 0.6) is 5.75 Å². The third-order valence-corrected chi connectivity index (χ3v) is 5.13. The van der Waals surface area contributed by atoms with E-state index in [4.69, 9.17) is 4.74 Å². The summed E-state index contributed by atoms with van der Waals surface area (Å²) in [5, 5.41) is 3.12. The molecule has 1 N–H and O–H groups in total. The number of carbonyl (C=O) groups excluding carboxylic acids is 1. The highest BCUT2D eigenvalue weighted by Crippen LogP contribution is 2.23. The number of benzene rings is 2. The van der Waals surface area contributed by atoms with Gasteiger partial charge in [-0.25, -0.2) is 0 Å². The zero-order valence-corrected chi connectivity index (χ0v) is 17.1. The molecule has 26 heavy (non-hydrogen) atoms. The van der Waals surface area contributed by atoms with E-state index in [0.717, 1.165) is 16.9 Å². The lowest BCUT2D eigenvalue weighted by Crippen LogP contribution is -2.39. The molecule has 0 aliphatic rings. The Balaban J connectivity index is 2.10. The average Bonchev–Trinajstić information content (AvgIpc) is 2.58. The molecule has 0 radical (unpaired) electrons. The molecule has 2 atom stereocenters. The van der Waals surface area contributed by atoms with Gasteiger partial charge in [0.05, 0.1) is 6.04 Å². The van der Waals surface area contributed by atoms with Gasteiger partial charge >= 0.3 is 0 Å². The second kappa shape index (κ2) is 8.39. The van der Waals surface area contributed by atoms with E-state index in [2.05, 4.69) is 45.1 Å². The Morgan fingerprint density at radius 3 is 2.15 bits per heavy atom. The minimum absolute atomic E-state index is 0.0563. The highest BCUT2D eigenvalue weighted by atomic mass is 16.5. The fourth-order valence-electron chi connectivity index (χ4n) is 3.11. The number of aryl methyl sites for hydroxylation is 5. The summed E-state index contributed by atoms with van der Waals surface area (Å²) < 4.78 is 5.96. The van der Waals surface area contributed by atoms with Crippen LogP contribution in [-0.2, 0) is 4.79 Å². The lowest BCUT2D eigenvalue weighted by molar-refractivity contribution is -0.128. The highest BCUT2D eigenvalue weighted by molar-refractivity contribution is 5.81. The van der Waals surface area contributed by atoms with Gasteiger partial charge in [-0.1, -0.05) is 25.1 Å². The third-order valence-electron chi connectivity index (χ3n) is 5.13. The van der Waals surface area contributed by atoms with Gasteiger partial charge in [0.15, 0.2) is 6.10 Å². The van der Waals surface area contributed by atoms with Gasteiger partial charge in [0.1, 0.15) is 5.75 Å². The Labute approximate surface area is 157 Å². The van der Waals surface area contributed by atoms with Crippen LogP contribution in [0.25, 0.3) is 0 Å². The Kier molecular flexibility index (Phi) is 6.47. The first-order valence-corrected chi connectivity index (χ1v) is 9.35. The molecule has 0 heterocycles. The van der Waals surface area contributed by atoms with Crippen molar-refractivity contribution >= 4 is 5.91 Å². The minimum Gasteiger partial charge on any atom is -0.481 e. The van der Waals surface area contributed by atoms with Gasteiger partial charge in [0, 0.05) is 0 Å². The molecule has 140 valence electrons. The van der Waals surface area contributed by atoms with Crippen molar-refractivity contribution in [1.29, 1.82) is 0 Å². The van der Waals surface area contributed by atoms with E-state index in [1.54, 1.807) is 0 Å². The molecule has 0 saturated heterocycles. The maximum Gasteiger partial charge on any atom is 0.261 e. The summed E-state index contributed by atoms with van der Waals surface area (Å²) in [6.45, 7) is 14.4. The van der Waals surface area contributed by atoms with E-state index in [1.165, 1.54) is 22.3 Å². The van der Waals surface area contributed by atoms with E-state index in [-0.39, 0.29) is 11.9 Å². The van der Waals surface area contributed by atoms with Crippen molar-refractivity contribution in [3.8, 4) is 5.75 Å². The summed E-state index contributed by atoms with van der Waals surface area (Å²) in [5.74, 6) is 0.668. The summed E-state index contributed by atoms with van der Waals surface area (Å²) in [6, 6.07) is 10.2. The second-order valence-corrected chi connectivity index (χ2v) is 7.28. The first-order valence-electron chi connectivity index (χ1n) is 9.35. The maximum atomic E-state index is 12.7. The summed E-state index contributed by atoms with van der Waals surface area (Å²) >= 11 is 0. The summed E-state index contributed by atoms with van der Waals surface area (Å²) in [6.07, 6.45) is 0.128. The number of hydrogen-bond donors (Lipinski definition) is 1. The molecular weight excluding hydrogens is 322 g/mol. The Morgan fingerprint density at radius 2 is 1.54 bits per heavy atom. The van der Waals surface area contributed by atoms with Crippen LogP contribution in [0.15, 0.2) is 30.3 Å². The van der Waals surface area contributed by atoms with Gasteiger partial charge in [0.2, 0.25) is 0 Å². The molecule has 3 nitrogen and oxygen atoms in total. The summed E-state index contributed by atoms with van der Waals surface area (Å²) in [5.41, 5.74) is 7.25. The van der Waals surface area contributed by atoms with E-state index >= 15 is 0 Å². The molecule has 2 rings (SSSR count). The van der Waals surface area contributed by atoms with Crippen LogP contribution in [0.4, 0.5) is 0 Å². The minimum atomic E-state index is -0.494. The summed E-state index contributed by atoms with van der Waals surface area (Å²) in [4.78, 5) is 12.7. The van der Waals surface area contributed by atoms with Gasteiger partial charge in [-0.2, -0.15) is 0 Å². The number of amides is 1. The number of nitrogens with one attached hydrogen (secondary N) is 1. The monoisotopic (exact) mass is 353 g/mol. The lowest BCUT2D eigenvalue weighted by Gasteiger charge is -2.22. The van der Waals surface area contributed by atoms with Crippen molar-refractivity contribution in [3.63, 3.8) is 0 Å². The van der Waals surface area contributed by atoms with Gasteiger partial charge < -0.3 is 10.1 Å². The first kappa shape index (κ1) is 20.0. The molecule has 0 bridgehead atoms. The molecule has 0 aliphatic heterocycles. The predicted octanol–water partition coefficient (Wildman–Crippen LogP) is 5.26. The molecular formula is C23H31NO2. The smallest absolute Gasteiger partial charge is 0.261 e. The number of carbonyl (C=O) groups is 1. The largest absolute Gasteiger partial charge is 0.481 e. The number of rotatable bonds is 6. The van der Waals surface area contributed by atoms with Crippen LogP contribution in [-0.4, -0.2) is 12.0 Å². The van der Waals surface area contributed by atoms with Gasteiger partial charge in [-0.15, -0.1) is 0 Å². The second-order valence-electron chi connectivity index (χ2n) is 7.28. The maximum absolute atomic E-state index is 12.7. The number of ether oxygens (including phenoxy) is 1. The van der Waals surface area contributed by atoms with Crippen molar-refractivity contribution in [2.45, 2.75) is 67.0 Å². The standard InChI is InChI=1S/C23H31NO2/c1-8-22(26-20-10-9-14(2)16(4)12-20)23(25)24-19(7)21-13-17(5)15(3)11-18(21)6/h9-13,19,22H,8H2,1-7H3,(H,24,25)/t19-,22-/m0/s1. The molecule has 1 amide bonds. The van der Waals surface area contributed by atoms with Gasteiger partial charge in [-0.05, 0) is 93.5 Å². The zero-order valence-electron chi connectivity index (χ0n) is 17.1. The Morgan fingerprint density at radius 1 is 0.923 bits per heavy atom. The Hall–Kier alpha value is -2.29. The first-order chi connectivity index (χ1) is 12.2. The van der Waals surface area contributed by atoms with Crippen LogP contribution in [0.2, 0.25) is 0 Å². The Bertz CT molecular complexity index is 795. The van der Waals surface area contributed by atoms with Crippen LogP contribution < -0.4 is 10.1 Å². The molecule has 0 unspecified atom stereocenters. The van der Waals surface area contributed by atoms with Crippen LogP contribution in [0, 0.1) is 34.6 Å². The number of hydrogen-bond acceptors (Lipinski definition) is 2. The molecule has 0 aliphatic carbocycles. The average molecular weight is 354 g/mol. The molecule has 2 aromatic rings. The van der Waals surface area contributed by atoms with Crippen molar-refractivity contribution in [1.82, 2.24) is 5.32 Å². The molecule has 3 heteroatoms. The molecule has 0 saturated carbocycles. The van der Waals surface area contributed by atoms with Crippen molar-refractivity contribution in [3.05, 3.63) is 63.7 Å². The van der Waals surface area contributed by atoms with E-state index < -0.39 is 6.10 Å². The van der Waals surface area contributed by atoms with Crippen molar-refractivity contribution in [2.75, 3.05) is 0 Å². The van der Waals surface area contributed by atoms with E-state index in [9.17, 15) is 4.79 Å². The van der Waals surface area contributed by atoms with E-state index in [0.29, 0.717) is 6.42 Å². The van der Waals surface area contributed by atoms with E-state index in [1.807, 2.05) is 39.0 Å². The molecule has 0 aromatic heterocycles. The highest BCUT2D eigenvalue weighted by Gasteiger charge is 2.21.